The summed E-state index contributed by atoms with van der Waals surface area (Å²) in [5, 5.41) is 3.24. The standard InChI is InChI=1S/C14H21F3N2/c1-3-18-9-8-12-4-6-13(7-5-12)10-19(2)11-14(15,16)17/h4-7,18H,3,8-11H2,1-2H3. The molecule has 0 radical (unpaired) electrons. The first-order valence-electron chi connectivity index (χ1n) is 6.44. The van der Waals surface area contributed by atoms with Crippen LogP contribution in [-0.4, -0.2) is 37.8 Å². The molecule has 19 heavy (non-hydrogen) atoms. The van der Waals surface area contributed by atoms with Gasteiger partial charge in [-0.3, -0.25) is 4.90 Å². The summed E-state index contributed by atoms with van der Waals surface area (Å²) in [6.45, 7) is 3.35. The van der Waals surface area contributed by atoms with E-state index in [1.165, 1.54) is 17.5 Å². The Morgan fingerprint density at radius 1 is 1.11 bits per heavy atom. The van der Waals surface area contributed by atoms with Crippen molar-refractivity contribution in [3.05, 3.63) is 35.4 Å². The van der Waals surface area contributed by atoms with Crippen molar-refractivity contribution in [3.8, 4) is 0 Å². The number of halogens is 3. The highest BCUT2D eigenvalue weighted by atomic mass is 19.4. The SMILES string of the molecule is CCNCCc1ccc(CN(C)CC(F)(F)F)cc1. The lowest BCUT2D eigenvalue weighted by Crippen LogP contribution is -2.30. The second-order valence-corrected chi connectivity index (χ2v) is 4.71. The van der Waals surface area contributed by atoms with Gasteiger partial charge < -0.3 is 5.32 Å². The summed E-state index contributed by atoms with van der Waals surface area (Å²) in [7, 11) is 1.48. The fourth-order valence-corrected chi connectivity index (χ4v) is 1.89. The molecule has 1 aromatic carbocycles. The Labute approximate surface area is 112 Å². The lowest BCUT2D eigenvalue weighted by molar-refractivity contribution is -0.144. The van der Waals surface area contributed by atoms with Gasteiger partial charge >= 0.3 is 6.18 Å². The van der Waals surface area contributed by atoms with E-state index >= 15 is 0 Å². The summed E-state index contributed by atoms with van der Waals surface area (Å²) in [6.07, 6.45) is -3.20. The minimum atomic E-state index is -4.14. The van der Waals surface area contributed by atoms with E-state index in [9.17, 15) is 13.2 Å². The molecule has 0 unspecified atom stereocenters. The quantitative estimate of drug-likeness (QED) is 0.769. The second-order valence-electron chi connectivity index (χ2n) is 4.71. The molecule has 0 spiro atoms. The van der Waals surface area contributed by atoms with Gasteiger partial charge in [0.25, 0.3) is 0 Å². The van der Waals surface area contributed by atoms with E-state index in [0.717, 1.165) is 25.1 Å². The van der Waals surface area contributed by atoms with Gasteiger partial charge in [-0.05, 0) is 37.7 Å². The molecule has 1 rings (SSSR count). The Kier molecular flexibility index (Phi) is 6.31. The van der Waals surface area contributed by atoms with Crippen LogP contribution in [0.25, 0.3) is 0 Å². The zero-order valence-corrected chi connectivity index (χ0v) is 11.4. The van der Waals surface area contributed by atoms with Crippen LogP contribution in [0.4, 0.5) is 13.2 Å². The van der Waals surface area contributed by atoms with Crippen molar-refractivity contribution < 1.29 is 13.2 Å². The van der Waals surface area contributed by atoms with E-state index < -0.39 is 12.7 Å². The van der Waals surface area contributed by atoms with Crippen molar-refractivity contribution in [2.24, 2.45) is 0 Å². The van der Waals surface area contributed by atoms with Gasteiger partial charge in [0.1, 0.15) is 0 Å². The van der Waals surface area contributed by atoms with Gasteiger partial charge in [0.15, 0.2) is 0 Å². The molecule has 0 fully saturated rings. The fourth-order valence-electron chi connectivity index (χ4n) is 1.89. The molecule has 0 bridgehead atoms. The number of nitrogens with zero attached hydrogens (tertiary/aromatic N) is 1. The molecule has 0 atom stereocenters. The minimum Gasteiger partial charge on any atom is -0.317 e. The molecule has 108 valence electrons. The highest BCUT2D eigenvalue weighted by molar-refractivity contribution is 5.22. The zero-order valence-electron chi connectivity index (χ0n) is 11.4. The molecule has 5 heteroatoms. The molecule has 0 saturated heterocycles. The minimum absolute atomic E-state index is 0.312. The van der Waals surface area contributed by atoms with Gasteiger partial charge in [-0.15, -0.1) is 0 Å². The Morgan fingerprint density at radius 3 is 2.21 bits per heavy atom. The molecule has 0 amide bonds. The topological polar surface area (TPSA) is 15.3 Å². The predicted octanol–water partition coefficient (Wildman–Crippen LogP) is 2.83. The van der Waals surface area contributed by atoms with E-state index in [-0.39, 0.29) is 0 Å². The first kappa shape index (κ1) is 16.0. The molecule has 0 saturated carbocycles. The van der Waals surface area contributed by atoms with Crippen molar-refractivity contribution in [1.82, 2.24) is 10.2 Å². The summed E-state index contributed by atoms with van der Waals surface area (Å²) in [4.78, 5) is 1.27. The zero-order chi connectivity index (χ0) is 14.3. The highest BCUT2D eigenvalue weighted by Gasteiger charge is 2.28. The molecule has 0 aromatic heterocycles. The van der Waals surface area contributed by atoms with Crippen LogP contribution < -0.4 is 5.32 Å². The Bertz CT molecular complexity index is 360. The summed E-state index contributed by atoms with van der Waals surface area (Å²) in [5.74, 6) is 0. The number of hydrogen-bond acceptors (Lipinski definition) is 2. The van der Waals surface area contributed by atoms with Crippen LogP contribution in [0.1, 0.15) is 18.1 Å². The second kappa shape index (κ2) is 7.50. The van der Waals surface area contributed by atoms with E-state index in [2.05, 4.69) is 12.2 Å². The number of alkyl halides is 3. The number of rotatable bonds is 7. The van der Waals surface area contributed by atoms with Crippen LogP contribution in [0, 0.1) is 0 Å². The van der Waals surface area contributed by atoms with E-state index in [1.54, 1.807) is 0 Å². The molecular weight excluding hydrogens is 253 g/mol. The van der Waals surface area contributed by atoms with Crippen LogP contribution in [0.15, 0.2) is 24.3 Å². The summed E-state index contributed by atoms with van der Waals surface area (Å²) in [6, 6.07) is 7.75. The summed E-state index contributed by atoms with van der Waals surface area (Å²) >= 11 is 0. The van der Waals surface area contributed by atoms with Gasteiger partial charge in [-0.25, -0.2) is 0 Å². The van der Waals surface area contributed by atoms with Crippen LogP contribution in [0.2, 0.25) is 0 Å². The Morgan fingerprint density at radius 2 is 1.68 bits per heavy atom. The normalized spacial score (nSPS) is 12.1. The van der Waals surface area contributed by atoms with Crippen molar-refractivity contribution in [3.63, 3.8) is 0 Å². The van der Waals surface area contributed by atoms with Crippen LogP contribution >= 0.6 is 0 Å². The van der Waals surface area contributed by atoms with Crippen molar-refractivity contribution >= 4 is 0 Å². The van der Waals surface area contributed by atoms with Gasteiger partial charge in [-0.1, -0.05) is 31.2 Å². The fraction of sp³-hybridized carbons (Fsp3) is 0.571. The first-order chi connectivity index (χ1) is 8.90. The van der Waals surface area contributed by atoms with Crippen LogP contribution in [-0.2, 0) is 13.0 Å². The molecule has 0 aliphatic heterocycles. The van der Waals surface area contributed by atoms with E-state index in [0.29, 0.717) is 6.54 Å². The molecule has 0 aliphatic rings. The average Bonchev–Trinajstić information content (AvgIpc) is 2.29. The van der Waals surface area contributed by atoms with Crippen LogP contribution in [0.5, 0.6) is 0 Å². The maximum atomic E-state index is 12.2. The lowest BCUT2D eigenvalue weighted by Gasteiger charge is -2.18. The summed E-state index contributed by atoms with van der Waals surface area (Å²) < 4.78 is 36.6. The highest BCUT2D eigenvalue weighted by Crippen LogP contribution is 2.17. The third-order valence-electron chi connectivity index (χ3n) is 2.77. The maximum Gasteiger partial charge on any atom is 0.401 e. The predicted molar refractivity (Wildman–Crippen MR) is 71.1 cm³/mol. The van der Waals surface area contributed by atoms with E-state index in [1.807, 2.05) is 24.3 Å². The van der Waals surface area contributed by atoms with Gasteiger partial charge in [0.05, 0.1) is 6.54 Å². The molecule has 1 aromatic rings. The smallest absolute Gasteiger partial charge is 0.317 e. The third-order valence-corrected chi connectivity index (χ3v) is 2.77. The monoisotopic (exact) mass is 274 g/mol. The van der Waals surface area contributed by atoms with Crippen molar-refractivity contribution in [2.75, 3.05) is 26.7 Å². The molecule has 0 aliphatic carbocycles. The number of hydrogen-bond donors (Lipinski definition) is 1. The lowest BCUT2D eigenvalue weighted by atomic mass is 10.1. The number of nitrogens with one attached hydrogen (secondary N) is 1. The first-order valence-corrected chi connectivity index (χ1v) is 6.44. The van der Waals surface area contributed by atoms with Gasteiger partial charge in [-0.2, -0.15) is 13.2 Å². The largest absolute Gasteiger partial charge is 0.401 e. The third kappa shape index (κ3) is 7.18. The van der Waals surface area contributed by atoms with E-state index in [4.69, 9.17) is 0 Å². The maximum absolute atomic E-state index is 12.2. The number of likely N-dealkylation sites (N-methyl/N-ethyl adjacent to an activating group) is 1. The van der Waals surface area contributed by atoms with Crippen molar-refractivity contribution in [2.45, 2.75) is 26.1 Å². The summed E-state index contributed by atoms with van der Waals surface area (Å²) in [5.41, 5.74) is 2.10. The molecule has 2 nitrogen and oxygen atoms in total. The molecule has 1 N–H and O–H groups in total. The van der Waals surface area contributed by atoms with Gasteiger partial charge in [0.2, 0.25) is 0 Å². The molecular formula is C14H21F3N2. The Balaban J connectivity index is 2.43. The Hall–Kier alpha value is -1.07. The number of benzene rings is 1. The molecule has 0 heterocycles. The van der Waals surface area contributed by atoms with Gasteiger partial charge in [0, 0.05) is 6.54 Å². The van der Waals surface area contributed by atoms with Crippen LogP contribution in [0.3, 0.4) is 0 Å². The van der Waals surface area contributed by atoms with Crippen molar-refractivity contribution in [1.29, 1.82) is 0 Å². The average molecular weight is 274 g/mol.